The van der Waals surface area contributed by atoms with Crippen molar-refractivity contribution in [3.05, 3.63) is 29.8 Å². The molecule has 0 aliphatic carbocycles. The Labute approximate surface area is 123 Å². The number of aliphatic carboxylic acids is 1. The fraction of sp³-hybridized carbons (Fsp3) is 0.500. The van der Waals surface area contributed by atoms with Crippen LogP contribution in [-0.4, -0.2) is 41.6 Å². The second-order valence-corrected chi connectivity index (χ2v) is 5.78. The lowest BCUT2D eigenvalue weighted by atomic mass is 9.93. The molecule has 1 fully saturated rings. The van der Waals surface area contributed by atoms with Crippen LogP contribution in [0.1, 0.15) is 18.4 Å². The highest BCUT2D eigenvalue weighted by atomic mass is 16.5. The van der Waals surface area contributed by atoms with Gasteiger partial charge >= 0.3 is 5.97 Å². The molecule has 0 radical (unpaired) electrons. The number of benzene rings is 1. The van der Waals surface area contributed by atoms with E-state index in [0.29, 0.717) is 32.5 Å². The first kappa shape index (κ1) is 13.9. The summed E-state index contributed by atoms with van der Waals surface area (Å²) < 4.78 is 5.66. The zero-order valence-electron chi connectivity index (χ0n) is 11.8. The number of carbonyl (C=O) groups excluding carboxylic acids is 1. The summed E-state index contributed by atoms with van der Waals surface area (Å²) in [6.07, 6.45) is 2.08. The molecule has 1 unspecified atom stereocenters. The number of para-hydroxylation sites is 1. The maximum Gasteiger partial charge on any atom is 0.308 e. The van der Waals surface area contributed by atoms with E-state index in [9.17, 15) is 9.59 Å². The van der Waals surface area contributed by atoms with E-state index < -0.39 is 11.9 Å². The second kappa shape index (κ2) is 5.76. The summed E-state index contributed by atoms with van der Waals surface area (Å²) in [5.74, 6) is -0.566. The summed E-state index contributed by atoms with van der Waals surface area (Å²) in [6.45, 7) is 1.36. The van der Waals surface area contributed by atoms with E-state index >= 15 is 0 Å². The zero-order chi connectivity index (χ0) is 14.8. The van der Waals surface area contributed by atoms with Gasteiger partial charge in [-0.05, 0) is 30.9 Å². The van der Waals surface area contributed by atoms with Crippen LogP contribution in [0.25, 0.3) is 0 Å². The number of piperidine rings is 1. The highest BCUT2D eigenvalue weighted by Gasteiger charge is 2.33. The molecule has 0 bridgehead atoms. The molecule has 21 heavy (non-hydrogen) atoms. The number of hydrogen-bond donors (Lipinski definition) is 1. The fourth-order valence-corrected chi connectivity index (χ4v) is 3.12. The van der Waals surface area contributed by atoms with Crippen LogP contribution in [0, 0.1) is 11.8 Å². The molecular weight excluding hydrogens is 270 g/mol. The molecule has 2 heterocycles. The van der Waals surface area contributed by atoms with Crippen LogP contribution in [0.3, 0.4) is 0 Å². The predicted octanol–water partition coefficient (Wildman–Crippen LogP) is 1.56. The van der Waals surface area contributed by atoms with Gasteiger partial charge in [-0.1, -0.05) is 18.2 Å². The van der Waals surface area contributed by atoms with E-state index in [-0.39, 0.29) is 11.8 Å². The van der Waals surface area contributed by atoms with Crippen molar-refractivity contribution in [3.63, 3.8) is 0 Å². The van der Waals surface area contributed by atoms with Crippen LogP contribution in [0.15, 0.2) is 24.3 Å². The van der Waals surface area contributed by atoms with Gasteiger partial charge in [0.15, 0.2) is 0 Å². The normalized spacial score (nSPS) is 24.9. The average molecular weight is 289 g/mol. The van der Waals surface area contributed by atoms with Gasteiger partial charge in [0.05, 0.1) is 11.8 Å². The number of hydrogen-bond acceptors (Lipinski definition) is 3. The lowest BCUT2D eigenvalue weighted by Crippen LogP contribution is -2.47. The van der Waals surface area contributed by atoms with E-state index in [0.717, 1.165) is 17.7 Å². The van der Waals surface area contributed by atoms with Gasteiger partial charge in [0.25, 0.3) is 0 Å². The van der Waals surface area contributed by atoms with Crippen molar-refractivity contribution < 1.29 is 19.4 Å². The summed E-state index contributed by atoms with van der Waals surface area (Å²) >= 11 is 0. The van der Waals surface area contributed by atoms with Crippen LogP contribution in [-0.2, 0) is 16.0 Å². The van der Waals surface area contributed by atoms with Gasteiger partial charge in [0.1, 0.15) is 12.4 Å². The Morgan fingerprint density at radius 3 is 2.86 bits per heavy atom. The lowest BCUT2D eigenvalue weighted by molar-refractivity contribution is -0.147. The van der Waals surface area contributed by atoms with E-state index in [1.54, 1.807) is 4.90 Å². The molecule has 1 saturated heterocycles. The summed E-state index contributed by atoms with van der Waals surface area (Å²) in [4.78, 5) is 25.4. The van der Waals surface area contributed by atoms with E-state index in [1.165, 1.54) is 0 Å². The number of carbonyl (C=O) groups is 2. The third-order valence-corrected chi connectivity index (χ3v) is 4.31. The summed E-state index contributed by atoms with van der Waals surface area (Å²) in [5.41, 5.74) is 1.05. The van der Waals surface area contributed by atoms with E-state index in [4.69, 9.17) is 9.84 Å². The first-order valence-electron chi connectivity index (χ1n) is 7.37. The first-order valence-corrected chi connectivity index (χ1v) is 7.37. The molecule has 5 heteroatoms. The van der Waals surface area contributed by atoms with Crippen LogP contribution in [0.4, 0.5) is 0 Å². The lowest BCUT2D eigenvalue weighted by Gasteiger charge is -2.34. The highest BCUT2D eigenvalue weighted by Crippen LogP contribution is 2.28. The standard InChI is InChI=1S/C16H19NO4/c18-15(17-7-3-5-12(9-17)16(19)20)13-8-11-4-1-2-6-14(11)21-10-13/h1-2,4,6,12-13H,3,5,7-10H2,(H,19,20)/t12-,13?/m0/s1. The van der Waals surface area contributed by atoms with Gasteiger partial charge in [-0.3, -0.25) is 9.59 Å². The number of ether oxygens (including phenoxy) is 1. The molecule has 112 valence electrons. The van der Waals surface area contributed by atoms with Gasteiger partial charge in [-0.2, -0.15) is 0 Å². The zero-order valence-corrected chi connectivity index (χ0v) is 11.8. The van der Waals surface area contributed by atoms with Gasteiger partial charge in [-0.15, -0.1) is 0 Å². The maximum atomic E-state index is 12.6. The quantitative estimate of drug-likeness (QED) is 0.897. The molecule has 5 nitrogen and oxygen atoms in total. The van der Waals surface area contributed by atoms with Crippen LogP contribution >= 0.6 is 0 Å². The molecular formula is C16H19NO4. The molecule has 1 aromatic rings. The number of rotatable bonds is 2. The Bertz CT molecular complexity index is 557. The SMILES string of the molecule is O=C(O)[C@H]1CCCN(C(=O)C2COc3ccccc3C2)C1. The highest BCUT2D eigenvalue weighted by molar-refractivity contribution is 5.81. The van der Waals surface area contributed by atoms with Gasteiger partial charge in [-0.25, -0.2) is 0 Å². The number of nitrogens with zero attached hydrogens (tertiary/aromatic N) is 1. The fourth-order valence-electron chi connectivity index (χ4n) is 3.12. The topological polar surface area (TPSA) is 66.8 Å². The van der Waals surface area contributed by atoms with E-state index in [2.05, 4.69) is 0 Å². The van der Waals surface area contributed by atoms with Gasteiger partial charge < -0.3 is 14.7 Å². The third-order valence-electron chi connectivity index (χ3n) is 4.31. The largest absolute Gasteiger partial charge is 0.492 e. The molecule has 0 spiro atoms. The van der Waals surface area contributed by atoms with Crippen molar-refractivity contribution in [2.24, 2.45) is 11.8 Å². The Kier molecular flexibility index (Phi) is 3.82. The molecule has 2 atom stereocenters. The first-order chi connectivity index (χ1) is 10.1. The monoisotopic (exact) mass is 289 g/mol. The summed E-state index contributed by atoms with van der Waals surface area (Å²) in [5, 5.41) is 9.12. The van der Waals surface area contributed by atoms with Crippen molar-refractivity contribution in [1.82, 2.24) is 4.90 Å². The van der Waals surface area contributed by atoms with Crippen molar-refractivity contribution in [2.45, 2.75) is 19.3 Å². The third kappa shape index (κ3) is 2.86. The number of carboxylic acids is 1. The summed E-state index contributed by atoms with van der Waals surface area (Å²) in [7, 11) is 0. The van der Waals surface area contributed by atoms with Crippen LogP contribution < -0.4 is 4.74 Å². The van der Waals surface area contributed by atoms with Crippen molar-refractivity contribution >= 4 is 11.9 Å². The van der Waals surface area contributed by atoms with Crippen molar-refractivity contribution in [2.75, 3.05) is 19.7 Å². The Morgan fingerprint density at radius 2 is 2.05 bits per heavy atom. The molecule has 0 aromatic heterocycles. The molecule has 1 N–H and O–H groups in total. The molecule has 0 saturated carbocycles. The van der Waals surface area contributed by atoms with Gasteiger partial charge in [0.2, 0.25) is 5.91 Å². The minimum Gasteiger partial charge on any atom is -0.492 e. The Morgan fingerprint density at radius 1 is 1.24 bits per heavy atom. The van der Waals surface area contributed by atoms with Gasteiger partial charge in [0, 0.05) is 13.1 Å². The van der Waals surface area contributed by atoms with Crippen LogP contribution in [0.5, 0.6) is 5.75 Å². The van der Waals surface area contributed by atoms with Crippen LogP contribution in [0.2, 0.25) is 0 Å². The number of fused-ring (bicyclic) bond motifs is 1. The maximum absolute atomic E-state index is 12.6. The minimum atomic E-state index is -0.808. The molecule has 1 amide bonds. The second-order valence-electron chi connectivity index (χ2n) is 5.78. The predicted molar refractivity (Wildman–Crippen MR) is 76.1 cm³/mol. The number of likely N-dealkylation sites (tertiary alicyclic amines) is 1. The average Bonchev–Trinajstić information content (AvgIpc) is 2.53. The van der Waals surface area contributed by atoms with Crippen molar-refractivity contribution in [3.8, 4) is 5.75 Å². The van der Waals surface area contributed by atoms with E-state index in [1.807, 2.05) is 24.3 Å². The smallest absolute Gasteiger partial charge is 0.308 e. The molecule has 3 rings (SSSR count). The molecule has 2 aliphatic rings. The minimum absolute atomic E-state index is 0.0236. The summed E-state index contributed by atoms with van der Waals surface area (Å²) in [6, 6.07) is 7.75. The number of amides is 1. The molecule has 1 aromatic carbocycles. The number of carboxylic acid groups (broad SMARTS) is 1. The Balaban J connectivity index is 1.67. The Hall–Kier alpha value is -2.04. The molecule has 2 aliphatic heterocycles. The van der Waals surface area contributed by atoms with Crippen molar-refractivity contribution in [1.29, 1.82) is 0 Å².